The second-order valence-corrected chi connectivity index (χ2v) is 6.71. The maximum atomic E-state index is 13.8. The number of hydrogen-bond donors (Lipinski definition) is 2. The third kappa shape index (κ3) is 8.71. The van der Waals surface area contributed by atoms with Crippen molar-refractivity contribution in [3.05, 3.63) is 59.8 Å². The van der Waals surface area contributed by atoms with Crippen molar-refractivity contribution in [2.24, 2.45) is 4.99 Å². The van der Waals surface area contributed by atoms with E-state index in [9.17, 15) is 4.39 Å². The Morgan fingerprint density at radius 3 is 2.52 bits per heavy atom. The molecule has 1 aromatic carbocycles. The molecule has 0 bridgehead atoms. The topological polar surface area (TPSA) is 62.0 Å². The molecule has 29 heavy (non-hydrogen) atoms. The molecule has 0 saturated carbocycles. The molecule has 2 heterocycles. The Balaban J connectivity index is 0.00000300. The number of ether oxygens (including phenoxy) is 1. The first-order chi connectivity index (χ1) is 13.8. The van der Waals surface area contributed by atoms with Gasteiger partial charge in [0.25, 0.3) is 0 Å². The Labute approximate surface area is 188 Å². The first kappa shape index (κ1) is 23.6. The summed E-state index contributed by atoms with van der Waals surface area (Å²) in [4.78, 5) is 7.03. The van der Waals surface area contributed by atoms with Crippen molar-refractivity contribution in [2.75, 3.05) is 52.5 Å². The average molecular weight is 516 g/mol. The summed E-state index contributed by atoms with van der Waals surface area (Å²) in [5.74, 6) is 1.52. The van der Waals surface area contributed by atoms with E-state index in [-0.39, 0.29) is 29.8 Å². The number of morpholine rings is 1. The van der Waals surface area contributed by atoms with E-state index in [1.54, 1.807) is 12.3 Å². The molecule has 0 aliphatic carbocycles. The number of guanidine groups is 1. The molecule has 1 saturated heterocycles. The molecule has 3 rings (SSSR count). The highest BCUT2D eigenvalue weighted by Gasteiger charge is 2.09. The van der Waals surface area contributed by atoms with Gasteiger partial charge in [-0.05, 0) is 30.2 Å². The lowest BCUT2D eigenvalue weighted by Crippen LogP contribution is -2.41. The smallest absolute Gasteiger partial charge is 0.191 e. The van der Waals surface area contributed by atoms with Gasteiger partial charge < -0.3 is 19.8 Å². The van der Waals surface area contributed by atoms with Gasteiger partial charge in [-0.25, -0.2) is 4.39 Å². The standard InChI is InChI=1S/C21H29FN4O2.HI/c22-20-6-2-1-4-18(20)7-9-23-21(24-10-8-19-5-3-15-28-19)25-11-12-26-13-16-27-17-14-26;/h1-6,15H,7-14,16-17H2,(H2,23,24,25);1H. The minimum atomic E-state index is -0.166. The van der Waals surface area contributed by atoms with Gasteiger partial charge in [0.15, 0.2) is 5.96 Å². The lowest BCUT2D eigenvalue weighted by Gasteiger charge is -2.25. The minimum Gasteiger partial charge on any atom is -0.469 e. The van der Waals surface area contributed by atoms with E-state index in [0.29, 0.717) is 25.1 Å². The quantitative estimate of drug-likeness (QED) is 0.305. The molecule has 160 valence electrons. The van der Waals surface area contributed by atoms with Gasteiger partial charge in [0, 0.05) is 39.1 Å². The molecule has 1 fully saturated rings. The first-order valence-corrected chi connectivity index (χ1v) is 9.89. The fourth-order valence-corrected chi connectivity index (χ4v) is 3.08. The first-order valence-electron chi connectivity index (χ1n) is 9.89. The van der Waals surface area contributed by atoms with Crippen molar-refractivity contribution in [3.63, 3.8) is 0 Å². The van der Waals surface area contributed by atoms with E-state index >= 15 is 0 Å². The van der Waals surface area contributed by atoms with Gasteiger partial charge in [0.2, 0.25) is 0 Å². The Bertz CT molecular complexity index is 721. The fourth-order valence-electron chi connectivity index (χ4n) is 3.08. The Kier molecular flexibility index (Phi) is 11.0. The van der Waals surface area contributed by atoms with Crippen LogP contribution in [0.3, 0.4) is 0 Å². The Hall–Kier alpha value is -1.65. The third-order valence-electron chi connectivity index (χ3n) is 4.68. The maximum Gasteiger partial charge on any atom is 0.191 e. The van der Waals surface area contributed by atoms with Gasteiger partial charge in [0.1, 0.15) is 11.6 Å². The predicted octanol–water partition coefficient (Wildman–Crippen LogP) is 2.69. The highest BCUT2D eigenvalue weighted by atomic mass is 127. The summed E-state index contributed by atoms with van der Waals surface area (Å²) in [6, 6.07) is 10.7. The van der Waals surface area contributed by atoms with E-state index < -0.39 is 0 Å². The molecule has 1 aromatic heterocycles. The van der Waals surface area contributed by atoms with Crippen molar-refractivity contribution in [1.82, 2.24) is 15.5 Å². The van der Waals surface area contributed by atoms with Crippen molar-refractivity contribution < 1.29 is 13.5 Å². The van der Waals surface area contributed by atoms with E-state index in [1.165, 1.54) is 6.07 Å². The van der Waals surface area contributed by atoms with Crippen LogP contribution < -0.4 is 10.6 Å². The normalized spacial score (nSPS) is 15.0. The van der Waals surface area contributed by atoms with Crippen molar-refractivity contribution in [1.29, 1.82) is 0 Å². The summed E-state index contributed by atoms with van der Waals surface area (Å²) in [6.45, 7) is 6.44. The molecule has 8 heteroatoms. The molecule has 0 amide bonds. The van der Waals surface area contributed by atoms with Crippen LogP contribution in [0.1, 0.15) is 11.3 Å². The van der Waals surface area contributed by atoms with Crippen LogP contribution in [0.25, 0.3) is 0 Å². The van der Waals surface area contributed by atoms with Crippen LogP contribution in [0.4, 0.5) is 4.39 Å². The number of benzene rings is 1. The van der Waals surface area contributed by atoms with Gasteiger partial charge in [-0.1, -0.05) is 18.2 Å². The zero-order chi connectivity index (χ0) is 19.4. The zero-order valence-electron chi connectivity index (χ0n) is 16.6. The van der Waals surface area contributed by atoms with E-state index in [0.717, 1.165) is 57.5 Å². The zero-order valence-corrected chi connectivity index (χ0v) is 18.9. The summed E-state index contributed by atoms with van der Waals surface area (Å²) in [7, 11) is 0. The van der Waals surface area contributed by atoms with E-state index in [1.807, 2.05) is 24.3 Å². The summed E-state index contributed by atoms with van der Waals surface area (Å²) in [5.41, 5.74) is 0.707. The SMILES string of the molecule is Fc1ccccc1CCNC(=NCCN1CCOCC1)NCCc1ccco1.I. The van der Waals surface area contributed by atoms with E-state index in [4.69, 9.17) is 9.15 Å². The predicted molar refractivity (Wildman–Crippen MR) is 123 cm³/mol. The number of furan rings is 1. The monoisotopic (exact) mass is 516 g/mol. The van der Waals surface area contributed by atoms with Crippen molar-refractivity contribution in [3.8, 4) is 0 Å². The third-order valence-corrected chi connectivity index (χ3v) is 4.68. The molecule has 0 radical (unpaired) electrons. The largest absolute Gasteiger partial charge is 0.469 e. The lowest BCUT2D eigenvalue weighted by atomic mass is 10.1. The van der Waals surface area contributed by atoms with Crippen molar-refractivity contribution in [2.45, 2.75) is 12.8 Å². The number of aliphatic imine (C=N–C) groups is 1. The number of nitrogens with one attached hydrogen (secondary N) is 2. The molecule has 1 aliphatic rings. The Morgan fingerprint density at radius 1 is 1.03 bits per heavy atom. The molecule has 2 N–H and O–H groups in total. The molecule has 0 spiro atoms. The highest BCUT2D eigenvalue weighted by molar-refractivity contribution is 14.0. The molecular formula is C21H30FIN4O2. The van der Waals surface area contributed by atoms with Crippen LogP contribution in [0.5, 0.6) is 0 Å². The van der Waals surface area contributed by atoms with Gasteiger partial charge in [-0.3, -0.25) is 9.89 Å². The molecule has 2 aromatic rings. The molecule has 1 aliphatic heterocycles. The average Bonchev–Trinajstić information content (AvgIpc) is 3.23. The fraction of sp³-hybridized carbons (Fsp3) is 0.476. The minimum absolute atomic E-state index is 0. The lowest BCUT2D eigenvalue weighted by molar-refractivity contribution is 0.0394. The highest BCUT2D eigenvalue weighted by Crippen LogP contribution is 2.06. The molecule has 6 nitrogen and oxygen atoms in total. The van der Waals surface area contributed by atoms with Crippen LogP contribution in [-0.2, 0) is 17.6 Å². The molecule has 0 unspecified atom stereocenters. The number of halogens is 2. The van der Waals surface area contributed by atoms with E-state index in [2.05, 4.69) is 20.5 Å². The second kappa shape index (κ2) is 13.6. The van der Waals surface area contributed by atoms with Crippen LogP contribution in [0.2, 0.25) is 0 Å². The van der Waals surface area contributed by atoms with Gasteiger partial charge >= 0.3 is 0 Å². The van der Waals surface area contributed by atoms with Gasteiger partial charge in [-0.2, -0.15) is 0 Å². The summed E-state index contributed by atoms with van der Waals surface area (Å²) >= 11 is 0. The van der Waals surface area contributed by atoms with Crippen LogP contribution in [-0.4, -0.2) is 63.3 Å². The summed E-state index contributed by atoms with van der Waals surface area (Å²) in [5, 5.41) is 6.65. The molecule has 0 atom stereocenters. The van der Waals surface area contributed by atoms with Gasteiger partial charge in [0.05, 0.1) is 26.0 Å². The van der Waals surface area contributed by atoms with Crippen LogP contribution >= 0.6 is 24.0 Å². The number of hydrogen-bond acceptors (Lipinski definition) is 4. The summed E-state index contributed by atoms with van der Waals surface area (Å²) < 4.78 is 24.5. The van der Waals surface area contributed by atoms with Crippen molar-refractivity contribution >= 4 is 29.9 Å². The van der Waals surface area contributed by atoms with Crippen LogP contribution in [0, 0.1) is 5.82 Å². The maximum absolute atomic E-state index is 13.8. The number of nitrogens with zero attached hydrogens (tertiary/aromatic N) is 2. The van der Waals surface area contributed by atoms with Crippen LogP contribution in [0.15, 0.2) is 52.1 Å². The van der Waals surface area contributed by atoms with Gasteiger partial charge in [-0.15, -0.1) is 24.0 Å². The Morgan fingerprint density at radius 2 is 1.79 bits per heavy atom. The molecular weight excluding hydrogens is 486 g/mol. The number of rotatable bonds is 9. The summed E-state index contributed by atoms with van der Waals surface area (Å²) in [6.07, 6.45) is 3.07. The second-order valence-electron chi connectivity index (χ2n) is 6.71.